The molecule has 6 saturated heterocycles. The Kier molecular flexibility index (Phi) is 16.3. The SMILES string of the molecule is C.CCCCOc1c2n(ccc1=O)N(C1c3cc(F)c(F)cc3CSc3ccccc31)[C@@H]1[C@H]3C[C@@H]4CC[C@@]3(CCN1C2=O)O4.CCCCOc1c2n(ccc1=O)N[C@@H]1[C@H]3C[C@@H]4CC[C@@]3(CCN1C2=O)O4.OC1c2cc(F)c(F)cc2CSc2ccccc21. The number of fused-ring (bicyclic) bond motifs is 12. The van der Waals surface area contributed by atoms with Crippen molar-refractivity contribution in [1.29, 1.82) is 0 Å². The summed E-state index contributed by atoms with van der Waals surface area (Å²) in [5.74, 6) is -2.42. The van der Waals surface area contributed by atoms with E-state index in [1.54, 1.807) is 33.5 Å². The Morgan fingerprint density at radius 1 is 0.625 bits per heavy atom. The summed E-state index contributed by atoms with van der Waals surface area (Å²) in [6, 6.07) is 22.6. The highest BCUT2D eigenvalue weighted by Crippen LogP contribution is 2.58. The van der Waals surface area contributed by atoms with Crippen LogP contribution < -0.4 is 30.8 Å². The maximum Gasteiger partial charge on any atom is 0.278 e. The third kappa shape index (κ3) is 10.1. The number of unbranched alkanes of at least 4 members (excludes halogenated alkanes) is 2. The number of rotatable bonds is 9. The molecule has 88 heavy (non-hydrogen) atoms. The van der Waals surface area contributed by atoms with Crippen molar-refractivity contribution in [2.24, 2.45) is 11.8 Å². The largest absolute Gasteiger partial charge is 0.487 e. The normalized spacial score (nSPS) is 27.6. The number of benzene rings is 4. The number of thioether (sulfide) groups is 2. The Morgan fingerprint density at radius 3 is 1.78 bits per heavy atom. The van der Waals surface area contributed by atoms with Gasteiger partial charge in [-0.2, -0.15) is 0 Å². The Balaban J connectivity index is 0.000000134. The van der Waals surface area contributed by atoms with Crippen LogP contribution in [-0.2, 0) is 21.0 Å². The summed E-state index contributed by atoms with van der Waals surface area (Å²) in [5, 5.41) is 12.4. The maximum absolute atomic E-state index is 15.1. The zero-order chi connectivity index (χ0) is 60.0. The van der Waals surface area contributed by atoms with Crippen LogP contribution in [0.3, 0.4) is 0 Å². The second-order valence-electron chi connectivity index (χ2n) is 24.5. The first-order valence-corrected chi connectivity index (χ1v) is 32.5. The van der Waals surface area contributed by atoms with E-state index in [1.807, 2.05) is 65.3 Å². The molecule has 12 heterocycles. The Hall–Kier alpha value is -6.78. The highest BCUT2D eigenvalue weighted by molar-refractivity contribution is 7.98. The molecule has 0 saturated carbocycles. The molecule has 15 nitrogen and oxygen atoms in total. The second kappa shape index (κ2) is 23.9. The summed E-state index contributed by atoms with van der Waals surface area (Å²) in [4.78, 5) is 59.0. The van der Waals surface area contributed by atoms with E-state index in [2.05, 4.69) is 17.4 Å². The summed E-state index contributed by atoms with van der Waals surface area (Å²) in [7, 11) is 0. The number of aliphatic hydroxyl groups excluding tert-OH is 1. The molecule has 21 heteroatoms. The van der Waals surface area contributed by atoms with Gasteiger partial charge < -0.3 is 39.3 Å². The number of aliphatic hydroxyl groups is 1. The fourth-order valence-electron chi connectivity index (χ4n) is 15.4. The van der Waals surface area contributed by atoms with Crippen molar-refractivity contribution in [3.63, 3.8) is 0 Å². The van der Waals surface area contributed by atoms with Gasteiger partial charge in [-0.15, -0.1) is 23.5 Å². The van der Waals surface area contributed by atoms with Crippen LogP contribution in [0.25, 0.3) is 0 Å². The molecule has 10 atom stereocenters. The first-order valence-electron chi connectivity index (χ1n) is 30.6. The van der Waals surface area contributed by atoms with Crippen molar-refractivity contribution in [2.45, 2.75) is 168 Å². The minimum atomic E-state index is -0.919. The Bertz CT molecular complexity index is 3850. The predicted molar refractivity (Wildman–Crippen MR) is 326 cm³/mol. The van der Waals surface area contributed by atoms with E-state index in [4.69, 9.17) is 18.9 Å². The van der Waals surface area contributed by atoms with Crippen molar-refractivity contribution in [1.82, 2.24) is 19.2 Å². The van der Waals surface area contributed by atoms with Gasteiger partial charge in [0.15, 0.2) is 46.2 Å². The lowest BCUT2D eigenvalue weighted by Gasteiger charge is -2.57. The molecule has 0 radical (unpaired) electrons. The van der Waals surface area contributed by atoms with Gasteiger partial charge in [-0.25, -0.2) is 17.6 Å². The van der Waals surface area contributed by atoms with Gasteiger partial charge >= 0.3 is 0 Å². The molecule has 464 valence electrons. The van der Waals surface area contributed by atoms with Crippen LogP contribution in [-0.4, -0.2) is 98.1 Å². The van der Waals surface area contributed by atoms with Crippen molar-refractivity contribution in [3.05, 3.63) is 186 Å². The fourth-order valence-corrected chi connectivity index (χ4v) is 17.6. The summed E-state index contributed by atoms with van der Waals surface area (Å²) in [6.45, 7) is 5.98. The number of ether oxygens (including phenoxy) is 4. The van der Waals surface area contributed by atoms with Crippen LogP contribution in [0.4, 0.5) is 17.6 Å². The van der Waals surface area contributed by atoms with Crippen molar-refractivity contribution >= 4 is 35.3 Å². The van der Waals surface area contributed by atoms with E-state index in [9.17, 15) is 37.5 Å². The third-order valence-corrected chi connectivity index (χ3v) is 21.9. The van der Waals surface area contributed by atoms with Crippen LogP contribution in [0.1, 0.15) is 165 Å². The average Bonchev–Trinajstić information content (AvgIpc) is 1.91. The molecule has 6 aromatic rings. The van der Waals surface area contributed by atoms with Gasteiger partial charge in [0.25, 0.3) is 11.8 Å². The molecule has 10 aliphatic heterocycles. The molecule has 2 unspecified atom stereocenters. The van der Waals surface area contributed by atoms with Crippen molar-refractivity contribution in [3.8, 4) is 11.5 Å². The highest BCUT2D eigenvalue weighted by atomic mass is 32.2. The maximum atomic E-state index is 15.1. The van der Waals surface area contributed by atoms with Gasteiger partial charge in [0, 0.05) is 70.7 Å². The Morgan fingerprint density at radius 2 is 1.15 bits per heavy atom. The zero-order valence-corrected chi connectivity index (χ0v) is 50.0. The number of nitrogens with one attached hydrogen (secondary N) is 1. The molecule has 2 aromatic heterocycles. The van der Waals surface area contributed by atoms with Crippen molar-refractivity contribution < 1.29 is 51.2 Å². The van der Waals surface area contributed by atoms with Crippen molar-refractivity contribution in [2.75, 3.05) is 36.7 Å². The summed E-state index contributed by atoms with van der Waals surface area (Å²) in [6.07, 6.45) is 13.4. The van der Waals surface area contributed by atoms with Crippen LogP contribution in [0, 0.1) is 35.1 Å². The van der Waals surface area contributed by atoms with Crippen LogP contribution >= 0.6 is 23.5 Å². The van der Waals surface area contributed by atoms with Crippen LogP contribution in [0.2, 0.25) is 0 Å². The van der Waals surface area contributed by atoms with Gasteiger partial charge in [-0.05, 0) is 134 Å². The topological polar surface area (TPSA) is 157 Å². The summed E-state index contributed by atoms with van der Waals surface area (Å²) in [5.41, 5.74) is 7.08. The van der Waals surface area contributed by atoms with E-state index in [0.717, 1.165) is 104 Å². The molecule has 2 N–H and O–H groups in total. The lowest BCUT2D eigenvalue weighted by Crippen LogP contribution is -2.70. The molecular formula is C67H72F4N6O9S2. The standard InChI is InChI=1S/C33H33F2N3O4S.C19H25N3O4.C14H10F2OS.CH4/c1-2-3-14-41-30-26(39)9-12-37-29(30)32(40)36-13-11-33-10-8-20(42-33)16-23(33)31(36)38(37)28-21-6-4-5-7-27(21)43-18-19-15-24(34)25(35)17-22(19)28;1-2-3-10-25-16-14(23)5-8-22-15(16)18(24)21-9-7-19-6-4-12(26-19)11-13(19)17(21)20-22;15-11-5-8-7-18-13-4-2-1-3-9(13)14(17)10(8)6-12(11)16;/h4-7,9,12,15,17,20,23,28,31H,2-3,8,10-11,13-14,16,18H2,1H3;5,8,12-13,17,20H,2-4,6-7,9-11H2,1H3;1-6,14,17H,7H2;1H4/t20-,23+,28?,31+,33-;12-,13+,17-,19-;;/m00../s1. The van der Waals surface area contributed by atoms with Crippen LogP contribution in [0.15, 0.2) is 117 Å². The Labute approximate surface area is 516 Å². The first kappa shape index (κ1) is 60.1. The number of hydrogen-bond acceptors (Lipinski definition) is 13. The summed E-state index contributed by atoms with van der Waals surface area (Å²) < 4.78 is 84.5. The van der Waals surface area contributed by atoms with E-state index < -0.39 is 41.6 Å². The fraction of sp³-hybridized carbons (Fsp3) is 0.463. The van der Waals surface area contributed by atoms with E-state index in [0.29, 0.717) is 77.8 Å². The quantitative estimate of drug-likeness (QED) is 0.104. The van der Waals surface area contributed by atoms with E-state index in [-0.39, 0.29) is 76.7 Å². The third-order valence-electron chi connectivity index (χ3n) is 19.6. The molecule has 4 bridgehead atoms. The van der Waals surface area contributed by atoms with Gasteiger partial charge in [0.2, 0.25) is 10.9 Å². The number of aromatic nitrogens is 2. The number of carbonyl (C=O) groups excluding carboxylic acids is 2. The number of pyridine rings is 2. The minimum absolute atomic E-state index is 0. The zero-order valence-electron chi connectivity index (χ0n) is 48.4. The molecule has 6 fully saturated rings. The molecule has 16 rings (SSSR count). The lowest BCUT2D eigenvalue weighted by molar-refractivity contribution is -0.0757. The smallest absolute Gasteiger partial charge is 0.278 e. The van der Waals surface area contributed by atoms with Crippen LogP contribution in [0.5, 0.6) is 11.5 Å². The number of amides is 2. The van der Waals surface area contributed by atoms with E-state index in [1.165, 1.54) is 42.1 Å². The second-order valence-corrected chi connectivity index (χ2v) is 26.5. The number of halogens is 4. The number of nitrogens with zero attached hydrogens (tertiary/aromatic N) is 5. The monoisotopic (exact) mass is 1240 g/mol. The highest BCUT2D eigenvalue weighted by Gasteiger charge is 2.64. The summed E-state index contributed by atoms with van der Waals surface area (Å²) >= 11 is 3.11. The van der Waals surface area contributed by atoms with E-state index >= 15 is 4.39 Å². The lowest BCUT2D eigenvalue weighted by atomic mass is 9.71. The molecule has 2 spiro atoms. The molecule has 4 aromatic carbocycles. The van der Waals surface area contributed by atoms with Gasteiger partial charge in [0.1, 0.15) is 18.4 Å². The first-order chi connectivity index (χ1) is 42.2. The number of piperidine rings is 2. The average molecular weight is 1250 g/mol. The van der Waals surface area contributed by atoms with Gasteiger partial charge in [-0.1, -0.05) is 70.5 Å². The number of carbonyl (C=O) groups is 2. The predicted octanol–water partition coefficient (Wildman–Crippen LogP) is 11.7. The molecule has 10 aliphatic rings. The molecule has 2 amide bonds. The molecular weight excluding hydrogens is 1170 g/mol. The number of hydrogen-bond donors (Lipinski definition) is 2. The minimum Gasteiger partial charge on any atom is -0.487 e. The van der Waals surface area contributed by atoms with Gasteiger partial charge in [0.05, 0.1) is 42.7 Å². The molecule has 0 aliphatic carbocycles. The van der Waals surface area contributed by atoms with Gasteiger partial charge in [-0.3, -0.25) is 33.5 Å².